The number of hydrogen-bond acceptors (Lipinski definition) is 6. The quantitative estimate of drug-likeness (QED) is 0.295. The molecule has 36 heavy (non-hydrogen) atoms. The van der Waals surface area contributed by atoms with Gasteiger partial charge in [-0.25, -0.2) is 4.98 Å². The zero-order valence-corrected chi connectivity index (χ0v) is 22.3. The van der Waals surface area contributed by atoms with E-state index in [1.54, 1.807) is 4.90 Å². The second-order valence-electron chi connectivity index (χ2n) is 9.93. The molecule has 0 saturated heterocycles. The van der Waals surface area contributed by atoms with Gasteiger partial charge >= 0.3 is 0 Å². The lowest BCUT2D eigenvalue weighted by Gasteiger charge is -2.23. The van der Waals surface area contributed by atoms with Crippen molar-refractivity contribution in [1.29, 1.82) is 0 Å². The molecule has 1 aliphatic rings. The van der Waals surface area contributed by atoms with Gasteiger partial charge in [-0.3, -0.25) is 14.5 Å². The Labute approximate surface area is 214 Å². The van der Waals surface area contributed by atoms with Crippen LogP contribution in [-0.2, 0) is 0 Å². The largest absolute Gasteiger partial charge is 0.494 e. The van der Waals surface area contributed by atoms with Crippen molar-refractivity contribution in [3.63, 3.8) is 0 Å². The topological polar surface area (TPSA) is 72.6 Å². The summed E-state index contributed by atoms with van der Waals surface area (Å²) in [4.78, 5) is 35.0. The number of hydrogen-bond donors (Lipinski definition) is 0. The molecule has 0 radical (unpaired) electrons. The summed E-state index contributed by atoms with van der Waals surface area (Å²) in [5.74, 6) is 0.964. The van der Waals surface area contributed by atoms with Crippen LogP contribution in [0.15, 0.2) is 45.6 Å². The van der Waals surface area contributed by atoms with Crippen LogP contribution in [0.1, 0.15) is 69.7 Å². The van der Waals surface area contributed by atoms with Gasteiger partial charge in [0.2, 0.25) is 5.76 Å². The van der Waals surface area contributed by atoms with E-state index in [2.05, 4.69) is 18.8 Å². The van der Waals surface area contributed by atoms with E-state index in [-0.39, 0.29) is 17.1 Å². The van der Waals surface area contributed by atoms with Crippen LogP contribution in [0, 0.1) is 33.6 Å². The standard InChI is InChI=1S/C29H30N2O4S/c1-15(2)10-11-34-21-9-7-8-20(14-21)25-24-26(32)22-12-16(3)17(4)13-23(22)35-27(24)28(33)31(25)29-30-18(5)19(6)36-29/h7-9,12-15,25H,10-11H2,1-6H3. The zero-order chi connectivity index (χ0) is 25.7. The minimum Gasteiger partial charge on any atom is -0.494 e. The van der Waals surface area contributed by atoms with Gasteiger partial charge in [0.05, 0.1) is 29.3 Å². The van der Waals surface area contributed by atoms with E-state index in [1.165, 1.54) is 11.3 Å². The number of benzene rings is 2. The number of aryl methyl sites for hydroxylation is 4. The van der Waals surface area contributed by atoms with E-state index < -0.39 is 6.04 Å². The van der Waals surface area contributed by atoms with Crippen LogP contribution in [0.25, 0.3) is 11.0 Å². The summed E-state index contributed by atoms with van der Waals surface area (Å²) in [5.41, 5.74) is 4.23. The van der Waals surface area contributed by atoms with Gasteiger partial charge in [0.25, 0.3) is 5.91 Å². The maximum absolute atomic E-state index is 13.9. The van der Waals surface area contributed by atoms with E-state index in [1.807, 2.05) is 64.1 Å². The lowest BCUT2D eigenvalue weighted by atomic mass is 9.97. The number of nitrogens with zero attached hydrogens (tertiary/aromatic N) is 2. The molecule has 0 aliphatic carbocycles. The molecule has 6 nitrogen and oxygen atoms in total. The fraction of sp³-hybridized carbons (Fsp3) is 0.345. The summed E-state index contributed by atoms with van der Waals surface area (Å²) in [6.45, 7) is 12.7. The van der Waals surface area contributed by atoms with Gasteiger partial charge in [-0.15, -0.1) is 11.3 Å². The summed E-state index contributed by atoms with van der Waals surface area (Å²) in [6, 6.07) is 10.7. The Bertz CT molecular complexity index is 1530. The molecule has 4 aromatic rings. The van der Waals surface area contributed by atoms with E-state index >= 15 is 0 Å². The van der Waals surface area contributed by atoms with Crippen molar-refractivity contribution in [2.24, 2.45) is 5.92 Å². The summed E-state index contributed by atoms with van der Waals surface area (Å²) in [5, 5.41) is 1.03. The number of thiazole rings is 1. The second kappa shape index (κ2) is 9.21. The molecule has 186 valence electrons. The highest BCUT2D eigenvalue weighted by molar-refractivity contribution is 7.15. The van der Waals surface area contributed by atoms with Crippen LogP contribution in [0.2, 0.25) is 0 Å². The Morgan fingerprint density at radius 3 is 2.53 bits per heavy atom. The van der Waals surface area contributed by atoms with E-state index in [9.17, 15) is 9.59 Å². The second-order valence-corrected chi connectivity index (χ2v) is 11.1. The van der Waals surface area contributed by atoms with Gasteiger partial charge < -0.3 is 9.15 Å². The molecule has 5 rings (SSSR count). The maximum Gasteiger partial charge on any atom is 0.297 e. The number of anilines is 1. The minimum atomic E-state index is -0.659. The molecule has 1 amide bonds. The number of ether oxygens (including phenoxy) is 1. The molecular weight excluding hydrogens is 472 g/mol. The Kier molecular flexibility index (Phi) is 6.20. The molecule has 0 fully saturated rings. The lowest BCUT2D eigenvalue weighted by molar-refractivity contribution is 0.0971. The van der Waals surface area contributed by atoms with Crippen LogP contribution in [-0.4, -0.2) is 17.5 Å². The Balaban J connectivity index is 1.70. The highest BCUT2D eigenvalue weighted by atomic mass is 32.1. The third kappa shape index (κ3) is 4.11. The molecule has 2 aromatic heterocycles. The zero-order valence-electron chi connectivity index (χ0n) is 21.5. The van der Waals surface area contributed by atoms with Crippen LogP contribution in [0.5, 0.6) is 5.75 Å². The monoisotopic (exact) mass is 502 g/mol. The van der Waals surface area contributed by atoms with Gasteiger partial charge in [0.1, 0.15) is 11.3 Å². The van der Waals surface area contributed by atoms with Crippen LogP contribution in [0.4, 0.5) is 5.13 Å². The minimum absolute atomic E-state index is 0.0809. The number of carbonyl (C=O) groups is 1. The van der Waals surface area contributed by atoms with Crippen molar-refractivity contribution < 1.29 is 13.9 Å². The summed E-state index contributed by atoms with van der Waals surface area (Å²) < 4.78 is 12.2. The lowest BCUT2D eigenvalue weighted by Crippen LogP contribution is -2.29. The van der Waals surface area contributed by atoms with Crippen molar-refractivity contribution in [3.05, 3.63) is 85.2 Å². The fourth-order valence-corrected chi connectivity index (χ4v) is 5.42. The van der Waals surface area contributed by atoms with Crippen LogP contribution < -0.4 is 15.1 Å². The van der Waals surface area contributed by atoms with E-state index in [0.717, 1.165) is 33.7 Å². The third-order valence-electron chi connectivity index (χ3n) is 6.85. The molecule has 3 heterocycles. The van der Waals surface area contributed by atoms with Gasteiger partial charge in [0, 0.05) is 4.88 Å². The molecule has 2 aromatic carbocycles. The molecule has 0 saturated carbocycles. The van der Waals surface area contributed by atoms with E-state index in [0.29, 0.717) is 39.9 Å². The molecule has 1 atom stereocenters. The van der Waals surface area contributed by atoms with Gasteiger partial charge in [0.15, 0.2) is 10.6 Å². The first-order chi connectivity index (χ1) is 17.2. The van der Waals surface area contributed by atoms with Crippen LogP contribution in [0.3, 0.4) is 0 Å². The molecule has 1 aliphatic heterocycles. The third-order valence-corrected chi connectivity index (χ3v) is 7.92. The Morgan fingerprint density at radius 2 is 1.83 bits per heavy atom. The fourth-order valence-electron chi connectivity index (χ4n) is 4.49. The van der Waals surface area contributed by atoms with Crippen molar-refractivity contribution in [1.82, 2.24) is 4.98 Å². The first kappa shape index (κ1) is 24.3. The van der Waals surface area contributed by atoms with Crippen molar-refractivity contribution >= 4 is 33.3 Å². The summed E-state index contributed by atoms with van der Waals surface area (Å²) in [7, 11) is 0. The number of amides is 1. The maximum atomic E-state index is 13.9. The molecule has 1 unspecified atom stereocenters. The normalized spacial score (nSPS) is 15.2. The predicted molar refractivity (Wildman–Crippen MR) is 144 cm³/mol. The SMILES string of the molecule is Cc1cc2oc3c(c(=O)c2cc1C)C(c1cccc(OCCC(C)C)c1)N(c1nc(C)c(C)s1)C3=O. The first-order valence-electron chi connectivity index (χ1n) is 12.2. The number of carbonyl (C=O) groups excluding carboxylic acids is 1. The average Bonchev–Trinajstić information content (AvgIpc) is 3.31. The number of fused-ring (bicyclic) bond motifs is 2. The molecule has 0 bridgehead atoms. The number of aromatic nitrogens is 1. The van der Waals surface area contributed by atoms with Crippen LogP contribution >= 0.6 is 11.3 Å². The van der Waals surface area contributed by atoms with Gasteiger partial charge in [-0.1, -0.05) is 26.0 Å². The molecular formula is C29H30N2O4S. The Hall–Kier alpha value is -3.45. The van der Waals surface area contributed by atoms with Crippen molar-refractivity contribution in [2.75, 3.05) is 11.5 Å². The molecule has 0 N–H and O–H groups in total. The summed E-state index contributed by atoms with van der Waals surface area (Å²) in [6.07, 6.45) is 0.938. The van der Waals surface area contributed by atoms with Crippen molar-refractivity contribution in [3.8, 4) is 5.75 Å². The highest BCUT2D eigenvalue weighted by Gasteiger charge is 2.45. The molecule has 7 heteroatoms. The number of rotatable bonds is 6. The van der Waals surface area contributed by atoms with Crippen molar-refractivity contribution in [2.45, 2.75) is 54.0 Å². The molecule has 0 spiro atoms. The first-order valence-corrected chi connectivity index (χ1v) is 13.1. The predicted octanol–water partition coefficient (Wildman–Crippen LogP) is 6.66. The van der Waals surface area contributed by atoms with Gasteiger partial charge in [-0.05, 0) is 81.0 Å². The smallest absolute Gasteiger partial charge is 0.297 e. The highest BCUT2D eigenvalue weighted by Crippen LogP contribution is 2.43. The average molecular weight is 503 g/mol. The Morgan fingerprint density at radius 1 is 1.08 bits per heavy atom. The summed E-state index contributed by atoms with van der Waals surface area (Å²) >= 11 is 1.44. The van der Waals surface area contributed by atoms with Gasteiger partial charge in [-0.2, -0.15) is 0 Å². The van der Waals surface area contributed by atoms with E-state index in [4.69, 9.17) is 9.15 Å².